The first kappa shape index (κ1) is 23.0. The molecule has 4 rings (SSSR count). The molecule has 8 nitrogen and oxygen atoms in total. The third-order valence-corrected chi connectivity index (χ3v) is 6.36. The van der Waals surface area contributed by atoms with E-state index in [2.05, 4.69) is 9.88 Å². The molecule has 1 saturated heterocycles. The highest BCUT2D eigenvalue weighted by Crippen LogP contribution is 2.30. The zero-order chi connectivity index (χ0) is 23.2. The van der Waals surface area contributed by atoms with E-state index in [0.717, 1.165) is 26.1 Å². The number of ether oxygens (including phenoxy) is 1. The predicted molar refractivity (Wildman–Crippen MR) is 126 cm³/mol. The summed E-state index contributed by atoms with van der Waals surface area (Å²) in [4.78, 5) is 31.9. The van der Waals surface area contributed by atoms with Gasteiger partial charge >= 0.3 is 0 Å². The Morgan fingerprint density at radius 1 is 1.24 bits per heavy atom. The summed E-state index contributed by atoms with van der Waals surface area (Å²) in [6.07, 6.45) is 3.80. The molecular formula is C23H23FN4O4S. The van der Waals surface area contributed by atoms with Gasteiger partial charge in [0, 0.05) is 44.4 Å². The minimum atomic E-state index is -0.467. The summed E-state index contributed by atoms with van der Waals surface area (Å²) in [5.74, 6) is -0.601. The minimum Gasteiger partial charge on any atom is -0.379 e. The zero-order valence-electron chi connectivity index (χ0n) is 17.9. The van der Waals surface area contributed by atoms with Crippen molar-refractivity contribution in [3.63, 3.8) is 0 Å². The van der Waals surface area contributed by atoms with Gasteiger partial charge in [0.05, 0.1) is 28.4 Å². The average Bonchev–Trinajstić information content (AvgIpc) is 3.24. The van der Waals surface area contributed by atoms with Crippen LogP contribution in [0.5, 0.6) is 0 Å². The van der Waals surface area contributed by atoms with Gasteiger partial charge < -0.3 is 4.74 Å². The van der Waals surface area contributed by atoms with E-state index in [1.807, 2.05) is 0 Å². The quantitative estimate of drug-likeness (QED) is 0.280. The van der Waals surface area contributed by atoms with Gasteiger partial charge in [-0.2, -0.15) is 0 Å². The number of rotatable bonds is 8. The normalized spacial score (nSPS) is 14.7. The van der Waals surface area contributed by atoms with Crippen molar-refractivity contribution in [1.29, 1.82) is 0 Å². The van der Waals surface area contributed by atoms with Crippen molar-refractivity contribution in [2.45, 2.75) is 6.42 Å². The Morgan fingerprint density at radius 2 is 2.00 bits per heavy atom. The third kappa shape index (κ3) is 5.98. The number of aromatic nitrogens is 1. The van der Waals surface area contributed by atoms with Crippen LogP contribution in [0.4, 0.5) is 15.2 Å². The number of hydrogen-bond acceptors (Lipinski definition) is 7. The van der Waals surface area contributed by atoms with Crippen LogP contribution >= 0.6 is 11.3 Å². The van der Waals surface area contributed by atoms with Gasteiger partial charge in [-0.1, -0.05) is 11.3 Å². The number of halogens is 1. The lowest BCUT2D eigenvalue weighted by Crippen LogP contribution is -2.39. The number of morpholine rings is 1. The second kappa shape index (κ2) is 10.6. The molecule has 0 saturated carbocycles. The predicted octanol–water partition coefficient (Wildman–Crippen LogP) is 4.11. The van der Waals surface area contributed by atoms with E-state index in [0.29, 0.717) is 40.7 Å². The number of non-ortho nitro benzene ring substituents is 1. The third-order valence-electron chi connectivity index (χ3n) is 5.32. The van der Waals surface area contributed by atoms with Crippen LogP contribution in [0.2, 0.25) is 0 Å². The number of carbonyl (C=O) groups is 1. The van der Waals surface area contributed by atoms with Crippen molar-refractivity contribution >= 4 is 44.4 Å². The highest BCUT2D eigenvalue weighted by atomic mass is 32.1. The molecule has 0 spiro atoms. The largest absolute Gasteiger partial charge is 0.379 e. The van der Waals surface area contributed by atoms with Gasteiger partial charge in [0.25, 0.3) is 11.6 Å². The molecular weight excluding hydrogens is 447 g/mol. The number of carbonyl (C=O) groups excluding carboxylic acids is 1. The van der Waals surface area contributed by atoms with Gasteiger partial charge in [0.1, 0.15) is 5.82 Å². The minimum absolute atomic E-state index is 0.00933. The number of nitro groups is 1. The summed E-state index contributed by atoms with van der Waals surface area (Å²) in [7, 11) is 0. The van der Waals surface area contributed by atoms with E-state index < -0.39 is 4.92 Å². The topological polar surface area (TPSA) is 88.8 Å². The molecule has 0 atom stereocenters. The highest BCUT2D eigenvalue weighted by molar-refractivity contribution is 7.22. The average molecular weight is 471 g/mol. The van der Waals surface area contributed by atoms with E-state index in [-0.39, 0.29) is 17.4 Å². The van der Waals surface area contributed by atoms with Crippen LogP contribution in [0.1, 0.15) is 12.0 Å². The van der Waals surface area contributed by atoms with Crippen LogP contribution in [0, 0.1) is 15.9 Å². The zero-order valence-corrected chi connectivity index (χ0v) is 18.7. The number of anilines is 1. The first-order chi connectivity index (χ1) is 16.0. The van der Waals surface area contributed by atoms with Gasteiger partial charge in [0.15, 0.2) is 5.13 Å². The summed E-state index contributed by atoms with van der Waals surface area (Å²) in [6.45, 7) is 4.46. The smallest absolute Gasteiger partial charge is 0.269 e. The van der Waals surface area contributed by atoms with Crippen LogP contribution in [-0.4, -0.2) is 60.1 Å². The molecule has 0 N–H and O–H groups in total. The summed E-state index contributed by atoms with van der Waals surface area (Å²) in [5.41, 5.74) is 1.31. The standard InChI is InChI=1S/C23H23FN4O4S/c24-18-5-8-20-21(16-18)33-23(25-20)27(11-1-10-26-12-14-32-15-13-26)22(29)9-4-17-2-6-19(7-3-17)28(30)31/h2-9,16H,1,10-15H2/b9-4+. The number of hydrogen-bond donors (Lipinski definition) is 0. The Labute approximate surface area is 194 Å². The molecule has 0 aliphatic carbocycles. The van der Waals surface area contributed by atoms with E-state index >= 15 is 0 Å². The Bertz CT molecular complexity index is 1160. The van der Waals surface area contributed by atoms with Crippen molar-refractivity contribution in [2.75, 3.05) is 44.3 Å². The molecule has 2 heterocycles. The summed E-state index contributed by atoms with van der Waals surface area (Å²) in [6, 6.07) is 10.3. The molecule has 3 aromatic rings. The monoisotopic (exact) mass is 470 g/mol. The second-order valence-corrected chi connectivity index (χ2v) is 8.60. The van der Waals surface area contributed by atoms with Gasteiger partial charge in [-0.3, -0.25) is 24.7 Å². The van der Waals surface area contributed by atoms with Gasteiger partial charge in [-0.25, -0.2) is 9.37 Å². The fourth-order valence-corrected chi connectivity index (χ4v) is 4.57. The number of nitro benzene ring substituents is 1. The fourth-order valence-electron chi connectivity index (χ4n) is 3.54. The van der Waals surface area contributed by atoms with Crippen molar-refractivity contribution in [2.24, 2.45) is 0 Å². The molecule has 33 heavy (non-hydrogen) atoms. The van der Waals surface area contributed by atoms with Gasteiger partial charge in [-0.15, -0.1) is 0 Å². The van der Waals surface area contributed by atoms with Crippen molar-refractivity contribution in [3.8, 4) is 0 Å². The maximum absolute atomic E-state index is 13.6. The molecule has 1 fully saturated rings. The van der Waals surface area contributed by atoms with E-state index in [1.54, 1.807) is 29.2 Å². The Kier molecular flexibility index (Phi) is 7.38. The molecule has 1 aliphatic heterocycles. The summed E-state index contributed by atoms with van der Waals surface area (Å²) >= 11 is 1.27. The first-order valence-electron chi connectivity index (χ1n) is 10.6. The number of benzene rings is 2. The van der Waals surface area contributed by atoms with E-state index in [1.165, 1.54) is 41.7 Å². The van der Waals surface area contributed by atoms with Gasteiger partial charge in [-0.05, 0) is 48.4 Å². The van der Waals surface area contributed by atoms with E-state index in [4.69, 9.17) is 4.74 Å². The molecule has 1 aliphatic rings. The lowest BCUT2D eigenvalue weighted by molar-refractivity contribution is -0.384. The highest BCUT2D eigenvalue weighted by Gasteiger charge is 2.19. The summed E-state index contributed by atoms with van der Waals surface area (Å²) in [5, 5.41) is 11.3. The molecule has 1 aromatic heterocycles. The number of nitrogens with zero attached hydrogens (tertiary/aromatic N) is 4. The fraction of sp³-hybridized carbons (Fsp3) is 0.304. The molecule has 10 heteroatoms. The number of thiazole rings is 1. The molecule has 172 valence electrons. The maximum Gasteiger partial charge on any atom is 0.269 e. The van der Waals surface area contributed by atoms with Gasteiger partial charge in [0.2, 0.25) is 0 Å². The number of amides is 1. The molecule has 0 radical (unpaired) electrons. The molecule has 1 amide bonds. The van der Waals surface area contributed by atoms with Crippen molar-refractivity contribution in [1.82, 2.24) is 9.88 Å². The van der Waals surface area contributed by atoms with Crippen LogP contribution in [0.15, 0.2) is 48.5 Å². The lowest BCUT2D eigenvalue weighted by Gasteiger charge is -2.27. The van der Waals surface area contributed by atoms with Crippen LogP contribution < -0.4 is 4.90 Å². The molecule has 0 bridgehead atoms. The first-order valence-corrected chi connectivity index (χ1v) is 11.4. The van der Waals surface area contributed by atoms with Crippen LogP contribution in [-0.2, 0) is 9.53 Å². The van der Waals surface area contributed by atoms with Crippen molar-refractivity contribution in [3.05, 3.63) is 70.0 Å². The molecule has 2 aromatic carbocycles. The van der Waals surface area contributed by atoms with Crippen LogP contribution in [0.25, 0.3) is 16.3 Å². The number of fused-ring (bicyclic) bond motifs is 1. The van der Waals surface area contributed by atoms with Crippen molar-refractivity contribution < 1.29 is 18.8 Å². The second-order valence-electron chi connectivity index (χ2n) is 7.59. The van der Waals surface area contributed by atoms with E-state index in [9.17, 15) is 19.3 Å². The summed E-state index contributed by atoms with van der Waals surface area (Å²) < 4.78 is 19.7. The Hall–Kier alpha value is -3.21. The lowest BCUT2D eigenvalue weighted by atomic mass is 10.2. The van der Waals surface area contributed by atoms with Crippen LogP contribution in [0.3, 0.4) is 0 Å². The maximum atomic E-state index is 13.6. The molecule has 0 unspecified atom stereocenters. The SMILES string of the molecule is O=C(/C=C/c1ccc([N+](=O)[O-])cc1)N(CCCN1CCOCC1)c1nc2ccc(F)cc2s1. The Balaban J connectivity index is 1.51. The Morgan fingerprint density at radius 3 is 2.73 bits per heavy atom.